The maximum atomic E-state index is 13.4. The first-order chi connectivity index (χ1) is 16.5. The van der Waals surface area contributed by atoms with Gasteiger partial charge in [-0.05, 0) is 42.9 Å². The lowest BCUT2D eigenvalue weighted by Crippen LogP contribution is -2.45. The summed E-state index contributed by atoms with van der Waals surface area (Å²) in [5.74, 6) is -0.483. The van der Waals surface area contributed by atoms with Crippen molar-refractivity contribution in [3.05, 3.63) is 53.6 Å². The van der Waals surface area contributed by atoms with Gasteiger partial charge in [0, 0.05) is 51.8 Å². The van der Waals surface area contributed by atoms with Crippen molar-refractivity contribution in [1.29, 1.82) is 5.26 Å². The first kappa shape index (κ1) is 24.4. The summed E-state index contributed by atoms with van der Waals surface area (Å²) in [6.45, 7) is 1.32. The molecule has 3 heterocycles. The molecule has 8 nitrogen and oxygen atoms in total. The number of aromatic nitrogens is 2. The molecule has 1 spiro atoms. The van der Waals surface area contributed by atoms with Crippen LogP contribution in [0.15, 0.2) is 36.9 Å². The van der Waals surface area contributed by atoms with Crippen molar-refractivity contribution in [2.75, 3.05) is 38.6 Å². The van der Waals surface area contributed by atoms with Crippen molar-refractivity contribution in [3.63, 3.8) is 0 Å². The first-order valence-corrected chi connectivity index (χ1v) is 11.2. The quantitative estimate of drug-likeness (QED) is 0.662. The average molecular weight is 486 g/mol. The van der Waals surface area contributed by atoms with Crippen molar-refractivity contribution in [2.45, 2.75) is 31.5 Å². The predicted octanol–water partition coefficient (Wildman–Crippen LogP) is 2.96. The van der Waals surface area contributed by atoms with Gasteiger partial charge in [0.05, 0.1) is 22.8 Å². The number of halogens is 3. The van der Waals surface area contributed by atoms with Gasteiger partial charge in [-0.15, -0.1) is 0 Å². The molecule has 0 bridgehead atoms. The highest BCUT2D eigenvalue weighted by atomic mass is 19.4. The van der Waals surface area contributed by atoms with Gasteiger partial charge in [0.25, 0.3) is 5.91 Å². The molecule has 0 aliphatic carbocycles. The summed E-state index contributed by atoms with van der Waals surface area (Å²) >= 11 is 0. The third-order valence-corrected chi connectivity index (χ3v) is 6.92. The second kappa shape index (κ2) is 9.17. The van der Waals surface area contributed by atoms with Gasteiger partial charge >= 0.3 is 6.18 Å². The fraction of sp³-hybridized carbons (Fsp3) is 0.458. The smallest absolute Gasteiger partial charge is 0.371 e. The van der Waals surface area contributed by atoms with Gasteiger partial charge < -0.3 is 14.7 Å². The number of rotatable bonds is 3. The van der Waals surface area contributed by atoms with E-state index in [0.29, 0.717) is 50.1 Å². The summed E-state index contributed by atoms with van der Waals surface area (Å²) in [6, 6.07) is 4.73. The number of likely N-dealkylation sites (N-methyl/N-ethyl adjacent to an activating group) is 1. The summed E-state index contributed by atoms with van der Waals surface area (Å²) < 4.78 is 40.2. The Balaban J connectivity index is 1.55. The molecule has 2 aliphatic heterocycles. The molecule has 2 saturated heterocycles. The van der Waals surface area contributed by atoms with Gasteiger partial charge in [0.2, 0.25) is 5.91 Å². The molecule has 2 amide bonds. The van der Waals surface area contributed by atoms with Gasteiger partial charge in [-0.2, -0.15) is 18.4 Å². The number of benzene rings is 1. The number of carbonyl (C=O) groups is 2. The molecule has 4 rings (SSSR count). The molecular weight excluding hydrogens is 461 g/mol. The topological polar surface area (TPSA) is 93.4 Å². The Morgan fingerprint density at radius 1 is 1.17 bits per heavy atom. The SMILES string of the molecule is CN(C)C(=O)C1CC2(CCN(c3ccc(C#N)c(C(F)(F)F)c3)CC2)CN1C(=O)c1cncnc1. The molecule has 1 atom stereocenters. The number of hydrogen-bond donors (Lipinski definition) is 0. The van der Waals surface area contributed by atoms with Crippen molar-refractivity contribution >= 4 is 17.5 Å². The molecule has 35 heavy (non-hydrogen) atoms. The summed E-state index contributed by atoms with van der Waals surface area (Å²) in [5, 5.41) is 9.05. The minimum absolute atomic E-state index is 0.170. The fourth-order valence-corrected chi connectivity index (χ4v) is 5.03. The zero-order chi connectivity index (χ0) is 25.4. The Morgan fingerprint density at radius 3 is 2.40 bits per heavy atom. The van der Waals surface area contributed by atoms with E-state index in [-0.39, 0.29) is 17.2 Å². The standard InChI is InChI=1S/C24H25F3N6O2/c1-31(2)22(35)20-10-23(14-33(20)21(34)17-12-29-15-30-13-17)5-7-32(8-6-23)18-4-3-16(11-28)19(9-18)24(25,26)27/h3-4,9,12-13,15,20H,5-8,10,14H2,1-2H3. The van der Waals surface area contributed by atoms with Crippen LogP contribution in [0.25, 0.3) is 0 Å². The Morgan fingerprint density at radius 2 is 1.83 bits per heavy atom. The maximum absolute atomic E-state index is 13.4. The Kier molecular flexibility index (Phi) is 6.40. The maximum Gasteiger partial charge on any atom is 0.417 e. The van der Waals surface area contributed by atoms with Crippen LogP contribution in [0, 0.1) is 16.7 Å². The molecule has 11 heteroatoms. The molecule has 0 saturated carbocycles. The summed E-state index contributed by atoms with van der Waals surface area (Å²) in [5.41, 5.74) is -0.973. The highest BCUT2D eigenvalue weighted by Crippen LogP contribution is 2.45. The van der Waals surface area contributed by atoms with E-state index in [0.717, 1.165) is 6.07 Å². The summed E-state index contributed by atoms with van der Waals surface area (Å²) in [7, 11) is 3.29. The highest BCUT2D eigenvalue weighted by molar-refractivity contribution is 5.97. The van der Waals surface area contributed by atoms with E-state index in [1.54, 1.807) is 25.1 Å². The van der Waals surface area contributed by atoms with E-state index in [1.165, 1.54) is 35.8 Å². The zero-order valence-electron chi connectivity index (χ0n) is 19.4. The van der Waals surface area contributed by atoms with Crippen LogP contribution in [-0.4, -0.2) is 71.4 Å². The molecule has 1 unspecified atom stereocenters. The van der Waals surface area contributed by atoms with E-state index in [4.69, 9.17) is 5.26 Å². The molecule has 2 fully saturated rings. The van der Waals surface area contributed by atoms with Crippen molar-refractivity contribution in [1.82, 2.24) is 19.8 Å². The third kappa shape index (κ3) is 4.78. The molecule has 1 aromatic heterocycles. The fourth-order valence-electron chi connectivity index (χ4n) is 5.03. The molecule has 0 N–H and O–H groups in total. The Labute approximate surface area is 201 Å². The Bertz CT molecular complexity index is 1150. The molecule has 184 valence electrons. The lowest BCUT2D eigenvalue weighted by molar-refractivity contribution is -0.137. The van der Waals surface area contributed by atoms with Gasteiger partial charge in [-0.25, -0.2) is 9.97 Å². The zero-order valence-corrected chi connectivity index (χ0v) is 19.4. The van der Waals surface area contributed by atoms with Crippen molar-refractivity contribution in [3.8, 4) is 6.07 Å². The number of nitriles is 1. The van der Waals surface area contributed by atoms with Gasteiger partial charge in [0.15, 0.2) is 0 Å². The number of amides is 2. The first-order valence-electron chi connectivity index (χ1n) is 11.2. The lowest BCUT2D eigenvalue weighted by Gasteiger charge is -2.40. The monoisotopic (exact) mass is 486 g/mol. The number of likely N-dealkylation sites (tertiary alicyclic amines) is 1. The largest absolute Gasteiger partial charge is 0.417 e. The van der Waals surface area contributed by atoms with E-state index in [2.05, 4.69) is 9.97 Å². The van der Waals surface area contributed by atoms with Crippen LogP contribution in [-0.2, 0) is 11.0 Å². The second-order valence-corrected chi connectivity index (χ2v) is 9.34. The molecule has 0 radical (unpaired) electrons. The van der Waals surface area contributed by atoms with Crippen LogP contribution < -0.4 is 4.90 Å². The summed E-state index contributed by atoms with van der Waals surface area (Å²) in [4.78, 5) is 38.9. The molecule has 2 aliphatic rings. The van der Waals surface area contributed by atoms with Crippen LogP contribution in [0.5, 0.6) is 0 Å². The minimum atomic E-state index is -4.62. The molecule has 2 aromatic rings. The number of carbonyl (C=O) groups excluding carboxylic acids is 2. The predicted molar refractivity (Wildman–Crippen MR) is 120 cm³/mol. The van der Waals surface area contributed by atoms with Crippen LogP contribution >= 0.6 is 0 Å². The van der Waals surface area contributed by atoms with Crippen LogP contribution in [0.4, 0.5) is 18.9 Å². The van der Waals surface area contributed by atoms with E-state index < -0.39 is 23.3 Å². The van der Waals surface area contributed by atoms with Crippen molar-refractivity contribution in [2.24, 2.45) is 5.41 Å². The number of nitrogens with zero attached hydrogens (tertiary/aromatic N) is 6. The third-order valence-electron chi connectivity index (χ3n) is 6.92. The van der Waals surface area contributed by atoms with Crippen LogP contribution in [0.2, 0.25) is 0 Å². The highest BCUT2D eigenvalue weighted by Gasteiger charge is 2.50. The summed E-state index contributed by atoms with van der Waals surface area (Å²) in [6.07, 6.45) is 1.26. The number of alkyl halides is 3. The molecular formula is C24H25F3N6O2. The average Bonchev–Trinajstić information content (AvgIpc) is 3.22. The van der Waals surface area contributed by atoms with E-state index in [1.807, 2.05) is 4.90 Å². The normalized spacial score (nSPS) is 19.5. The number of piperidine rings is 1. The Hall–Kier alpha value is -3.68. The van der Waals surface area contributed by atoms with E-state index >= 15 is 0 Å². The van der Waals surface area contributed by atoms with E-state index in [9.17, 15) is 22.8 Å². The van der Waals surface area contributed by atoms with Gasteiger partial charge in [-0.3, -0.25) is 9.59 Å². The number of anilines is 1. The van der Waals surface area contributed by atoms with Crippen molar-refractivity contribution < 1.29 is 22.8 Å². The van der Waals surface area contributed by atoms with Gasteiger partial charge in [0.1, 0.15) is 12.4 Å². The molecule has 1 aromatic carbocycles. The second-order valence-electron chi connectivity index (χ2n) is 9.34. The van der Waals surface area contributed by atoms with Crippen LogP contribution in [0.3, 0.4) is 0 Å². The lowest BCUT2D eigenvalue weighted by atomic mass is 9.76. The number of hydrogen-bond acceptors (Lipinski definition) is 6. The van der Waals surface area contributed by atoms with Gasteiger partial charge in [-0.1, -0.05) is 0 Å². The van der Waals surface area contributed by atoms with Crippen LogP contribution in [0.1, 0.15) is 40.7 Å². The minimum Gasteiger partial charge on any atom is -0.371 e.